The van der Waals surface area contributed by atoms with E-state index >= 15 is 0 Å². The number of benzene rings is 1. The van der Waals surface area contributed by atoms with Crippen LogP contribution in [0.3, 0.4) is 0 Å². The molecule has 2 rings (SSSR count). The van der Waals surface area contributed by atoms with Gasteiger partial charge in [0.25, 0.3) is 0 Å². The Morgan fingerprint density at radius 1 is 1.29 bits per heavy atom. The minimum Gasteiger partial charge on any atom is -0.381 e. The third kappa shape index (κ3) is 2.99. The van der Waals surface area contributed by atoms with Crippen molar-refractivity contribution in [3.63, 3.8) is 0 Å². The molecule has 0 bridgehead atoms. The summed E-state index contributed by atoms with van der Waals surface area (Å²) >= 11 is 0. The van der Waals surface area contributed by atoms with Gasteiger partial charge in [0.05, 0.1) is 0 Å². The molecule has 0 spiro atoms. The van der Waals surface area contributed by atoms with Gasteiger partial charge in [0.15, 0.2) is 0 Å². The first kappa shape index (κ1) is 12.4. The van der Waals surface area contributed by atoms with Crippen LogP contribution in [-0.4, -0.2) is 32.8 Å². The van der Waals surface area contributed by atoms with Crippen LogP contribution in [0.15, 0.2) is 30.3 Å². The smallest absolute Gasteiger partial charge is 0.0469 e. The van der Waals surface area contributed by atoms with Crippen molar-refractivity contribution < 1.29 is 4.74 Å². The van der Waals surface area contributed by atoms with Crippen LogP contribution in [0.2, 0.25) is 0 Å². The molecule has 3 heteroatoms. The first-order valence-electron chi connectivity index (χ1n) is 6.38. The van der Waals surface area contributed by atoms with Crippen molar-refractivity contribution >= 4 is 5.69 Å². The van der Waals surface area contributed by atoms with E-state index in [2.05, 4.69) is 36.2 Å². The summed E-state index contributed by atoms with van der Waals surface area (Å²) in [5, 5.41) is 0. The van der Waals surface area contributed by atoms with Gasteiger partial charge in [-0.2, -0.15) is 0 Å². The Hall–Kier alpha value is -1.06. The van der Waals surface area contributed by atoms with Crippen molar-refractivity contribution in [3.8, 4) is 0 Å². The molecule has 1 atom stereocenters. The summed E-state index contributed by atoms with van der Waals surface area (Å²) in [6.07, 6.45) is 2.25. The van der Waals surface area contributed by atoms with E-state index in [1.54, 1.807) is 0 Å². The zero-order valence-corrected chi connectivity index (χ0v) is 10.5. The average molecular weight is 234 g/mol. The monoisotopic (exact) mass is 234 g/mol. The summed E-state index contributed by atoms with van der Waals surface area (Å²) in [7, 11) is 2.14. The van der Waals surface area contributed by atoms with E-state index in [-0.39, 0.29) is 0 Å². The summed E-state index contributed by atoms with van der Waals surface area (Å²) in [5.41, 5.74) is 7.20. The number of rotatable bonds is 4. The molecule has 1 aliphatic rings. The molecule has 1 unspecified atom stereocenters. The number of para-hydroxylation sites is 1. The van der Waals surface area contributed by atoms with E-state index in [0.29, 0.717) is 18.5 Å². The lowest BCUT2D eigenvalue weighted by Crippen LogP contribution is -2.45. The van der Waals surface area contributed by atoms with Crippen LogP contribution in [0.1, 0.15) is 12.8 Å². The van der Waals surface area contributed by atoms with Crippen molar-refractivity contribution in [1.82, 2.24) is 0 Å². The summed E-state index contributed by atoms with van der Waals surface area (Å²) in [6, 6.07) is 10.9. The topological polar surface area (TPSA) is 38.5 Å². The maximum atomic E-state index is 5.96. The number of hydrogen-bond donors (Lipinski definition) is 1. The Balaban J connectivity index is 2.06. The number of nitrogens with two attached hydrogens (primary N) is 1. The van der Waals surface area contributed by atoms with Gasteiger partial charge in [0.2, 0.25) is 0 Å². The van der Waals surface area contributed by atoms with Crippen LogP contribution in [0, 0.1) is 5.92 Å². The highest BCUT2D eigenvalue weighted by molar-refractivity contribution is 5.46. The van der Waals surface area contributed by atoms with Crippen LogP contribution < -0.4 is 10.6 Å². The Bertz CT molecular complexity index is 322. The molecular formula is C14H22N2O. The van der Waals surface area contributed by atoms with Crippen LogP contribution in [0.4, 0.5) is 5.69 Å². The van der Waals surface area contributed by atoms with Crippen molar-refractivity contribution in [2.45, 2.75) is 18.9 Å². The molecule has 3 nitrogen and oxygen atoms in total. The minimum absolute atomic E-state index is 0.418. The van der Waals surface area contributed by atoms with Gasteiger partial charge < -0.3 is 15.4 Å². The molecule has 0 amide bonds. The lowest BCUT2D eigenvalue weighted by molar-refractivity contribution is 0.0588. The molecule has 1 aliphatic heterocycles. The fraction of sp³-hybridized carbons (Fsp3) is 0.571. The molecule has 1 saturated heterocycles. The van der Waals surface area contributed by atoms with Crippen LogP contribution in [0.5, 0.6) is 0 Å². The first-order valence-corrected chi connectivity index (χ1v) is 6.38. The van der Waals surface area contributed by atoms with Gasteiger partial charge >= 0.3 is 0 Å². The second kappa shape index (κ2) is 6.03. The van der Waals surface area contributed by atoms with E-state index in [9.17, 15) is 0 Å². The van der Waals surface area contributed by atoms with Crippen molar-refractivity contribution in [2.24, 2.45) is 11.7 Å². The van der Waals surface area contributed by atoms with Crippen molar-refractivity contribution in [3.05, 3.63) is 30.3 Å². The van der Waals surface area contributed by atoms with Gasteiger partial charge in [0, 0.05) is 38.5 Å². The summed E-state index contributed by atoms with van der Waals surface area (Å²) in [6.45, 7) is 2.46. The normalized spacial score (nSPS) is 18.9. The first-order chi connectivity index (χ1) is 8.33. The lowest BCUT2D eigenvalue weighted by Gasteiger charge is -2.37. The second-order valence-corrected chi connectivity index (χ2v) is 4.70. The molecule has 1 fully saturated rings. The quantitative estimate of drug-likeness (QED) is 0.864. The van der Waals surface area contributed by atoms with Crippen LogP contribution in [-0.2, 0) is 4.74 Å². The van der Waals surface area contributed by atoms with Gasteiger partial charge in [-0.3, -0.25) is 0 Å². The summed E-state index contributed by atoms with van der Waals surface area (Å²) in [4.78, 5) is 2.32. The Morgan fingerprint density at radius 2 is 1.94 bits per heavy atom. The van der Waals surface area contributed by atoms with Gasteiger partial charge in [-0.25, -0.2) is 0 Å². The largest absolute Gasteiger partial charge is 0.381 e. The SMILES string of the molecule is CN(c1ccccc1)C(CN)C1CCOCC1. The van der Waals surface area contributed by atoms with Gasteiger partial charge in [-0.1, -0.05) is 18.2 Å². The summed E-state index contributed by atoms with van der Waals surface area (Å²) < 4.78 is 5.42. The fourth-order valence-corrected chi connectivity index (χ4v) is 2.62. The van der Waals surface area contributed by atoms with Crippen molar-refractivity contribution in [2.75, 3.05) is 31.7 Å². The highest BCUT2D eigenvalue weighted by Gasteiger charge is 2.26. The van der Waals surface area contributed by atoms with E-state index in [0.717, 1.165) is 26.1 Å². The molecule has 2 N–H and O–H groups in total. The van der Waals surface area contributed by atoms with Crippen molar-refractivity contribution in [1.29, 1.82) is 0 Å². The van der Waals surface area contributed by atoms with Crippen LogP contribution >= 0.6 is 0 Å². The zero-order valence-electron chi connectivity index (χ0n) is 10.5. The van der Waals surface area contributed by atoms with E-state index in [1.807, 2.05) is 6.07 Å². The maximum absolute atomic E-state index is 5.96. The third-order valence-corrected chi connectivity index (χ3v) is 3.71. The number of anilines is 1. The van der Waals surface area contributed by atoms with Gasteiger partial charge in [0.1, 0.15) is 0 Å². The average Bonchev–Trinajstić information content (AvgIpc) is 2.42. The Labute approximate surface area is 104 Å². The number of ether oxygens (including phenoxy) is 1. The highest BCUT2D eigenvalue weighted by Crippen LogP contribution is 2.25. The molecule has 17 heavy (non-hydrogen) atoms. The maximum Gasteiger partial charge on any atom is 0.0469 e. The Morgan fingerprint density at radius 3 is 2.53 bits per heavy atom. The number of hydrogen-bond acceptors (Lipinski definition) is 3. The van der Waals surface area contributed by atoms with E-state index in [1.165, 1.54) is 5.69 Å². The molecule has 1 aromatic carbocycles. The molecule has 94 valence electrons. The molecule has 0 aromatic heterocycles. The zero-order chi connectivity index (χ0) is 12.1. The minimum atomic E-state index is 0.418. The third-order valence-electron chi connectivity index (χ3n) is 3.71. The predicted octanol–water partition coefficient (Wildman–Crippen LogP) is 1.88. The fourth-order valence-electron chi connectivity index (χ4n) is 2.62. The molecule has 0 aliphatic carbocycles. The van der Waals surface area contributed by atoms with Gasteiger partial charge in [-0.05, 0) is 30.9 Å². The standard InChI is InChI=1S/C14H22N2O/c1-16(13-5-3-2-4-6-13)14(11-15)12-7-9-17-10-8-12/h2-6,12,14H,7-11,15H2,1H3. The molecule has 0 radical (unpaired) electrons. The predicted molar refractivity (Wildman–Crippen MR) is 71.2 cm³/mol. The Kier molecular flexibility index (Phi) is 4.40. The van der Waals surface area contributed by atoms with E-state index in [4.69, 9.17) is 10.5 Å². The van der Waals surface area contributed by atoms with E-state index < -0.39 is 0 Å². The molecule has 1 aromatic rings. The lowest BCUT2D eigenvalue weighted by atomic mass is 9.90. The molecular weight excluding hydrogens is 212 g/mol. The second-order valence-electron chi connectivity index (χ2n) is 4.70. The van der Waals surface area contributed by atoms with Crippen LogP contribution in [0.25, 0.3) is 0 Å². The number of likely N-dealkylation sites (N-methyl/N-ethyl adjacent to an activating group) is 1. The number of nitrogens with zero attached hydrogens (tertiary/aromatic N) is 1. The van der Waals surface area contributed by atoms with Gasteiger partial charge in [-0.15, -0.1) is 0 Å². The highest BCUT2D eigenvalue weighted by atomic mass is 16.5. The summed E-state index contributed by atoms with van der Waals surface area (Å²) in [5.74, 6) is 0.652. The molecule has 1 heterocycles. The molecule has 0 saturated carbocycles.